The summed E-state index contributed by atoms with van der Waals surface area (Å²) < 4.78 is 7.43. The SMILES string of the molecule is CCCNC(CCOCC)c1ncnn1C(C)C. The predicted octanol–water partition coefficient (Wildman–Crippen LogP) is 2.33. The number of hydrogen-bond acceptors (Lipinski definition) is 4. The van der Waals surface area contributed by atoms with Gasteiger partial charge < -0.3 is 10.1 Å². The van der Waals surface area contributed by atoms with Crippen molar-refractivity contribution in [2.24, 2.45) is 0 Å². The maximum atomic E-state index is 5.44. The third kappa shape index (κ3) is 4.38. The van der Waals surface area contributed by atoms with Crippen LogP contribution in [0.25, 0.3) is 0 Å². The first-order valence-corrected chi connectivity index (χ1v) is 6.91. The summed E-state index contributed by atoms with van der Waals surface area (Å²) >= 11 is 0. The van der Waals surface area contributed by atoms with E-state index in [0.29, 0.717) is 6.04 Å². The average molecular weight is 254 g/mol. The molecular formula is C13H26N4O. The Bertz CT molecular complexity index is 325. The van der Waals surface area contributed by atoms with Crippen molar-refractivity contribution < 1.29 is 4.74 Å². The van der Waals surface area contributed by atoms with Gasteiger partial charge in [-0.1, -0.05) is 6.92 Å². The lowest BCUT2D eigenvalue weighted by atomic mass is 10.2. The van der Waals surface area contributed by atoms with Crippen LogP contribution in [-0.2, 0) is 4.74 Å². The summed E-state index contributed by atoms with van der Waals surface area (Å²) in [5, 5.41) is 7.82. The summed E-state index contributed by atoms with van der Waals surface area (Å²) in [5.41, 5.74) is 0. The van der Waals surface area contributed by atoms with Crippen molar-refractivity contribution in [3.05, 3.63) is 12.2 Å². The minimum atomic E-state index is 0.224. The smallest absolute Gasteiger partial charge is 0.144 e. The molecule has 1 atom stereocenters. The Morgan fingerprint density at radius 2 is 2.17 bits per heavy atom. The molecule has 0 saturated heterocycles. The molecule has 18 heavy (non-hydrogen) atoms. The second kappa shape index (κ2) is 8.21. The minimum absolute atomic E-state index is 0.224. The highest BCUT2D eigenvalue weighted by molar-refractivity contribution is 4.95. The molecule has 5 nitrogen and oxygen atoms in total. The molecule has 1 aromatic rings. The first-order chi connectivity index (χ1) is 8.70. The fourth-order valence-electron chi connectivity index (χ4n) is 1.89. The van der Waals surface area contributed by atoms with Crippen LogP contribution < -0.4 is 5.32 Å². The molecule has 104 valence electrons. The topological polar surface area (TPSA) is 52.0 Å². The van der Waals surface area contributed by atoms with Gasteiger partial charge in [-0.05, 0) is 40.2 Å². The highest BCUT2D eigenvalue weighted by Gasteiger charge is 2.18. The normalized spacial score (nSPS) is 13.2. The van der Waals surface area contributed by atoms with Crippen LogP contribution in [0.5, 0.6) is 0 Å². The van der Waals surface area contributed by atoms with Crippen molar-refractivity contribution in [1.82, 2.24) is 20.1 Å². The van der Waals surface area contributed by atoms with Crippen LogP contribution in [0.4, 0.5) is 0 Å². The molecule has 0 fully saturated rings. The van der Waals surface area contributed by atoms with Crippen molar-refractivity contribution in [1.29, 1.82) is 0 Å². The quantitative estimate of drug-likeness (QED) is 0.687. The van der Waals surface area contributed by atoms with Crippen LogP contribution in [0.3, 0.4) is 0 Å². The van der Waals surface area contributed by atoms with Gasteiger partial charge in [0.05, 0.1) is 6.04 Å². The Hall–Kier alpha value is -0.940. The summed E-state index contributed by atoms with van der Waals surface area (Å²) in [6.45, 7) is 10.9. The molecular weight excluding hydrogens is 228 g/mol. The van der Waals surface area contributed by atoms with E-state index in [1.165, 1.54) is 0 Å². The van der Waals surface area contributed by atoms with Crippen molar-refractivity contribution in [3.63, 3.8) is 0 Å². The van der Waals surface area contributed by atoms with Crippen molar-refractivity contribution >= 4 is 0 Å². The molecule has 0 aliphatic heterocycles. The molecule has 1 N–H and O–H groups in total. The van der Waals surface area contributed by atoms with Gasteiger partial charge in [0.1, 0.15) is 12.2 Å². The fourth-order valence-corrected chi connectivity index (χ4v) is 1.89. The van der Waals surface area contributed by atoms with Gasteiger partial charge in [-0.2, -0.15) is 5.10 Å². The van der Waals surface area contributed by atoms with E-state index in [1.807, 2.05) is 11.6 Å². The number of rotatable bonds is 9. The predicted molar refractivity (Wildman–Crippen MR) is 72.6 cm³/mol. The van der Waals surface area contributed by atoms with Crippen molar-refractivity contribution in [2.45, 2.75) is 52.6 Å². The van der Waals surface area contributed by atoms with Crippen molar-refractivity contribution in [2.75, 3.05) is 19.8 Å². The summed E-state index contributed by atoms with van der Waals surface area (Å²) in [4.78, 5) is 4.40. The summed E-state index contributed by atoms with van der Waals surface area (Å²) in [7, 11) is 0. The standard InChI is InChI=1S/C13H26N4O/c1-5-8-14-12(7-9-18-6-2)13-15-10-16-17(13)11(3)4/h10-12,14H,5-9H2,1-4H3. The number of hydrogen-bond donors (Lipinski definition) is 1. The zero-order valence-electron chi connectivity index (χ0n) is 12.0. The van der Waals surface area contributed by atoms with Gasteiger partial charge in [0.15, 0.2) is 0 Å². The third-order valence-corrected chi connectivity index (χ3v) is 2.80. The van der Waals surface area contributed by atoms with Crippen LogP contribution >= 0.6 is 0 Å². The van der Waals surface area contributed by atoms with E-state index >= 15 is 0 Å². The molecule has 0 aromatic carbocycles. The number of aromatic nitrogens is 3. The van der Waals surface area contributed by atoms with Gasteiger partial charge in [0.25, 0.3) is 0 Å². The van der Waals surface area contributed by atoms with E-state index < -0.39 is 0 Å². The Labute approximate surface area is 110 Å². The fraction of sp³-hybridized carbons (Fsp3) is 0.846. The molecule has 0 spiro atoms. The van der Waals surface area contributed by atoms with E-state index in [1.54, 1.807) is 6.33 Å². The van der Waals surface area contributed by atoms with Gasteiger partial charge >= 0.3 is 0 Å². The highest BCUT2D eigenvalue weighted by Crippen LogP contribution is 2.17. The molecule has 5 heteroatoms. The lowest BCUT2D eigenvalue weighted by Gasteiger charge is -2.20. The van der Waals surface area contributed by atoms with Gasteiger partial charge in [-0.15, -0.1) is 0 Å². The Morgan fingerprint density at radius 3 is 2.78 bits per heavy atom. The van der Waals surface area contributed by atoms with E-state index in [2.05, 4.69) is 36.2 Å². The molecule has 1 heterocycles. The third-order valence-electron chi connectivity index (χ3n) is 2.80. The van der Waals surface area contributed by atoms with Crippen LogP contribution in [0.15, 0.2) is 6.33 Å². The molecule has 0 amide bonds. The first-order valence-electron chi connectivity index (χ1n) is 6.91. The molecule has 0 aliphatic carbocycles. The maximum Gasteiger partial charge on any atom is 0.144 e. The van der Waals surface area contributed by atoms with Crippen LogP contribution in [0, 0.1) is 0 Å². The molecule has 0 bridgehead atoms. The van der Waals surface area contributed by atoms with Crippen molar-refractivity contribution in [3.8, 4) is 0 Å². The molecule has 1 rings (SSSR count). The van der Waals surface area contributed by atoms with Gasteiger partial charge in [-0.25, -0.2) is 9.67 Å². The molecule has 0 aliphatic rings. The van der Waals surface area contributed by atoms with Gasteiger partial charge in [0.2, 0.25) is 0 Å². The van der Waals surface area contributed by atoms with E-state index in [-0.39, 0.29) is 6.04 Å². The van der Waals surface area contributed by atoms with Crippen LogP contribution in [0.2, 0.25) is 0 Å². The second-order valence-electron chi connectivity index (χ2n) is 4.65. The molecule has 0 radical (unpaired) electrons. The number of nitrogens with one attached hydrogen (secondary N) is 1. The average Bonchev–Trinajstić information content (AvgIpc) is 2.82. The van der Waals surface area contributed by atoms with Crippen LogP contribution in [-0.4, -0.2) is 34.5 Å². The molecule has 1 aromatic heterocycles. The second-order valence-corrected chi connectivity index (χ2v) is 4.65. The van der Waals surface area contributed by atoms with Gasteiger partial charge in [-0.3, -0.25) is 0 Å². The lowest BCUT2D eigenvalue weighted by Crippen LogP contribution is -2.27. The minimum Gasteiger partial charge on any atom is -0.382 e. The van der Waals surface area contributed by atoms with E-state index in [9.17, 15) is 0 Å². The van der Waals surface area contributed by atoms with E-state index in [4.69, 9.17) is 4.74 Å². The highest BCUT2D eigenvalue weighted by atomic mass is 16.5. The summed E-state index contributed by atoms with van der Waals surface area (Å²) in [5.74, 6) is 1.01. The Balaban J connectivity index is 2.70. The monoisotopic (exact) mass is 254 g/mol. The zero-order chi connectivity index (χ0) is 13.4. The zero-order valence-corrected chi connectivity index (χ0v) is 12.0. The van der Waals surface area contributed by atoms with Gasteiger partial charge in [0, 0.05) is 19.3 Å². The molecule has 0 saturated carbocycles. The first kappa shape index (κ1) is 15.1. The summed E-state index contributed by atoms with van der Waals surface area (Å²) in [6.07, 6.45) is 3.68. The lowest BCUT2D eigenvalue weighted by molar-refractivity contribution is 0.134. The molecule has 1 unspecified atom stereocenters. The number of nitrogens with zero attached hydrogens (tertiary/aromatic N) is 3. The van der Waals surface area contributed by atoms with Crippen LogP contribution in [0.1, 0.15) is 58.4 Å². The Morgan fingerprint density at radius 1 is 1.39 bits per heavy atom. The van der Waals surface area contributed by atoms with E-state index in [0.717, 1.165) is 38.4 Å². The largest absolute Gasteiger partial charge is 0.382 e. The maximum absolute atomic E-state index is 5.44. The summed E-state index contributed by atoms with van der Waals surface area (Å²) in [6, 6.07) is 0.557. The number of ether oxygens (including phenoxy) is 1. The Kier molecular flexibility index (Phi) is 6.90.